The van der Waals surface area contributed by atoms with Crippen molar-refractivity contribution in [2.75, 3.05) is 11.4 Å². The van der Waals surface area contributed by atoms with E-state index in [1.54, 1.807) is 0 Å². The van der Waals surface area contributed by atoms with Crippen LogP contribution in [0.1, 0.15) is 50.8 Å². The Bertz CT molecular complexity index is 395. The van der Waals surface area contributed by atoms with Gasteiger partial charge in [-0.05, 0) is 50.2 Å². The first kappa shape index (κ1) is 12.0. The van der Waals surface area contributed by atoms with Crippen LogP contribution in [-0.2, 0) is 0 Å². The van der Waals surface area contributed by atoms with Crippen molar-refractivity contribution in [2.45, 2.75) is 51.2 Å². The molecule has 0 saturated heterocycles. The Labute approximate surface area is 109 Å². The van der Waals surface area contributed by atoms with Crippen LogP contribution in [0.15, 0.2) is 18.3 Å². The Balaban J connectivity index is 1.72. The number of hydrogen-bond acceptors (Lipinski definition) is 3. The molecule has 2 aliphatic rings. The molecule has 3 rings (SSSR count). The van der Waals surface area contributed by atoms with E-state index in [1.165, 1.54) is 37.9 Å². The third-order valence-corrected chi connectivity index (χ3v) is 3.97. The van der Waals surface area contributed by atoms with Crippen molar-refractivity contribution in [2.24, 2.45) is 5.92 Å². The van der Waals surface area contributed by atoms with Crippen LogP contribution in [0.2, 0.25) is 0 Å². The summed E-state index contributed by atoms with van der Waals surface area (Å²) in [6.45, 7) is 3.17. The summed E-state index contributed by atoms with van der Waals surface area (Å²) in [6.07, 6.45) is 7.68. The van der Waals surface area contributed by atoms with Gasteiger partial charge in [-0.1, -0.05) is 6.92 Å². The van der Waals surface area contributed by atoms with Crippen molar-refractivity contribution in [3.05, 3.63) is 24.0 Å². The minimum atomic E-state index is -0.420. The van der Waals surface area contributed by atoms with Gasteiger partial charge in [-0.15, -0.1) is 0 Å². The second kappa shape index (κ2) is 4.88. The molecule has 18 heavy (non-hydrogen) atoms. The van der Waals surface area contributed by atoms with Crippen LogP contribution in [0.25, 0.3) is 0 Å². The highest BCUT2D eigenvalue weighted by molar-refractivity contribution is 5.47. The molecule has 2 fully saturated rings. The van der Waals surface area contributed by atoms with Gasteiger partial charge < -0.3 is 10.0 Å². The van der Waals surface area contributed by atoms with Crippen LogP contribution in [-0.4, -0.2) is 22.7 Å². The van der Waals surface area contributed by atoms with Crippen molar-refractivity contribution < 1.29 is 5.11 Å². The SMILES string of the molecule is CCC(O)c1ccc(N(CC2CC2)C2CC2)cn1. The lowest BCUT2D eigenvalue weighted by Gasteiger charge is -2.24. The van der Waals surface area contributed by atoms with E-state index in [0.29, 0.717) is 0 Å². The third-order valence-electron chi connectivity index (χ3n) is 3.97. The molecule has 2 aliphatic carbocycles. The molecule has 0 aromatic carbocycles. The summed E-state index contributed by atoms with van der Waals surface area (Å²) < 4.78 is 0. The first-order valence-corrected chi connectivity index (χ1v) is 7.18. The molecule has 1 atom stereocenters. The molecular formula is C15H22N2O. The highest BCUT2D eigenvalue weighted by Gasteiger charge is 2.33. The van der Waals surface area contributed by atoms with Crippen LogP contribution < -0.4 is 4.90 Å². The molecule has 1 aromatic heterocycles. The minimum Gasteiger partial charge on any atom is -0.387 e. The number of aromatic nitrogens is 1. The van der Waals surface area contributed by atoms with Gasteiger partial charge in [0.05, 0.1) is 23.7 Å². The fourth-order valence-corrected chi connectivity index (χ4v) is 2.40. The number of hydrogen-bond donors (Lipinski definition) is 1. The van der Waals surface area contributed by atoms with Gasteiger partial charge in [-0.3, -0.25) is 4.98 Å². The van der Waals surface area contributed by atoms with Crippen molar-refractivity contribution >= 4 is 5.69 Å². The number of rotatable bonds is 6. The van der Waals surface area contributed by atoms with Crippen LogP contribution in [0.3, 0.4) is 0 Å². The summed E-state index contributed by atoms with van der Waals surface area (Å²) in [4.78, 5) is 6.94. The van der Waals surface area contributed by atoms with Crippen molar-refractivity contribution in [3.63, 3.8) is 0 Å². The predicted molar refractivity (Wildman–Crippen MR) is 72.6 cm³/mol. The predicted octanol–water partition coefficient (Wildman–Crippen LogP) is 2.90. The van der Waals surface area contributed by atoms with Gasteiger partial charge in [0.1, 0.15) is 0 Å². The Kier molecular flexibility index (Phi) is 3.25. The zero-order valence-corrected chi connectivity index (χ0v) is 11.0. The fraction of sp³-hybridized carbons (Fsp3) is 0.667. The molecule has 2 saturated carbocycles. The second-order valence-electron chi connectivity index (χ2n) is 5.69. The molecule has 0 amide bonds. The third kappa shape index (κ3) is 2.66. The second-order valence-corrected chi connectivity index (χ2v) is 5.69. The van der Waals surface area contributed by atoms with Gasteiger partial charge in [-0.2, -0.15) is 0 Å². The van der Waals surface area contributed by atoms with Crippen molar-refractivity contribution in [1.82, 2.24) is 4.98 Å². The monoisotopic (exact) mass is 246 g/mol. The maximum absolute atomic E-state index is 9.76. The van der Waals surface area contributed by atoms with Crippen molar-refractivity contribution in [3.8, 4) is 0 Å². The van der Waals surface area contributed by atoms with E-state index in [4.69, 9.17) is 0 Å². The molecule has 3 nitrogen and oxygen atoms in total. The van der Waals surface area contributed by atoms with Gasteiger partial charge in [0.2, 0.25) is 0 Å². The van der Waals surface area contributed by atoms with E-state index in [2.05, 4.69) is 16.0 Å². The van der Waals surface area contributed by atoms with E-state index in [1.807, 2.05) is 19.2 Å². The molecule has 1 unspecified atom stereocenters. The largest absolute Gasteiger partial charge is 0.387 e. The molecule has 0 aliphatic heterocycles. The highest BCUT2D eigenvalue weighted by atomic mass is 16.3. The fourth-order valence-electron chi connectivity index (χ4n) is 2.40. The van der Waals surface area contributed by atoms with Gasteiger partial charge in [0.15, 0.2) is 0 Å². The summed E-state index contributed by atoms with van der Waals surface area (Å²) >= 11 is 0. The first-order chi connectivity index (χ1) is 8.78. The van der Waals surface area contributed by atoms with E-state index < -0.39 is 6.10 Å². The van der Waals surface area contributed by atoms with E-state index in [9.17, 15) is 5.11 Å². The van der Waals surface area contributed by atoms with Crippen LogP contribution in [0.4, 0.5) is 5.69 Å². The summed E-state index contributed by atoms with van der Waals surface area (Å²) in [5, 5.41) is 9.76. The number of aliphatic hydroxyl groups is 1. The molecule has 98 valence electrons. The molecule has 3 heteroatoms. The maximum atomic E-state index is 9.76. The molecule has 1 aromatic rings. The smallest absolute Gasteiger partial charge is 0.0957 e. The summed E-state index contributed by atoms with van der Waals surface area (Å²) in [6, 6.07) is 4.85. The average molecular weight is 246 g/mol. The average Bonchev–Trinajstić information content (AvgIpc) is 3.28. The lowest BCUT2D eigenvalue weighted by molar-refractivity contribution is 0.169. The van der Waals surface area contributed by atoms with Gasteiger partial charge >= 0.3 is 0 Å². The van der Waals surface area contributed by atoms with E-state index in [0.717, 1.165) is 24.1 Å². The minimum absolute atomic E-state index is 0.420. The molecule has 0 bridgehead atoms. The molecular weight excluding hydrogens is 224 g/mol. The first-order valence-electron chi connectivity index (χ1n) is 7.18. The quantitative estimate of drug-likeness (QED) is 0.838. The van der Waals surface area contributed by atoms with Crippen LogP contribution in [0.5, 0.6) is 0 Å². The molecule has 0 radical (unpaired) electrons. The Morgan fingerprint density at radius 1 is 1.33 bits per heavy atom. The van der Waals surface area contributed by atoms with Gasteiger partial charge in [-0.25, -0.2) is 0 Å². The highest BCUT2D eigenvalue weighted by Crippen LogP contribution is 2.37. The number of aliphatic hydroxyl groups excluding tert-OH is 1. The van der Waals surface area contributed by atoms with Crippen LogP contribution in [0, 0.1) is 5.92 Å². The summed E-state index contributed by atoms with van der Waals surface area (Å²) in [5.74, 6) is 0.909. The zero-order chi connectivity index (χ0) is 12.5. The lowest BCUT2D eigenvalue weighted by Crippen LogP contribution is -2.28. The number of nitrogens with zero attached hydrogens (tertiary/aromatic N) is 2. The molecule has 1 N–H and O–H groups in total. The van der Waals surface area contributed by atoms with Gasteiger partial charge in [0, 0.05) is 12.6 Å². The lowest BCUT2D eigenvalue weighted by atomic mass is 10.2. The normalized spacial score (nSPS) is 20.8. The zero-order valence-electron chi connectivity index (χ0n) is 11.0. The number of anilines is 1. The topological polar surface area (TPSA) is 36.4 Å². The molecule has 1 heterocycles. The number of pyridine rings is 1. The Morgan fingerprint density at radius 3 is 2.61 bits per heavy atom. The standard InChI is InChI=1S/C15H22N2O/c1-2-15(18)14-8-7-13(9-16-14)17(12-5-6-12)10-11-3-4-11/h7-9,11-12,15,18H,2-6,10H2,1H3. The maximum Gasteiger partial charge on any atom is 0.0957 e. The van der Waals surface area contributed by atoms with Crippen LogP contribution >= 0.6 is 0 Å². The summed E-state index contributed by atoms with van der Waals surface area (Å²) in [7, 11) is 0. The van der Waals surface area contributed by atoms with Crippen molar-refractivity contribution in [1.29, 1.82) is 0 Å². The summed E-state index contributed by atoms with van der Waals surface area (Å²) in [5.41, 5.74) is 2.03. The Morgan fingerprint density at radius 2 is 2.11 bits per heavy atom. The Hall–Kier alpha value is -1.09. The van der Waals surface area contributed by atoms with Gasteiger partial charge in [0.25, 0.3) is 0 Å². The van der Waals surface area contributed by atoms with E-state index >= 15 is 0 Å². The van der Waals surface area contributed by atoms with E-state index in [-0.39, 0.29) is 0 Å². The molecule has 0 spiro atoms.